The van der Waals surface area contributed by atoms with Gasteiger partial charge in [0.25, 0.3) is 0 Å². The van der Waals surface area contributed by atoms with E-state index in [1.807, 2.05) is 0 Å². The molecular formula is C11H20N2O2. The van der Waals surface area contributed by atoms with Crippen molar-refractivity contribution in [2.75, 3.05) is 13.7 Å². The Morgan fingerprint density at radius 3 is 2.67 bits per heavy atom. The molecule has 0 unspecified atom stereocenters. The van der Waals surface area contributed by atoms with Crippen molar-refractivity contribution in [1.82, 2.24) is 10.6 Å². The molecule has 0 saturated heterocycles. The number of carbonyl (C=O) groups excluding carboxylic acids is 1. The molecule has 15 heavy (non-hydrogen) atoms. The van der Waals surface area contributed by atoms with Gasteiger partial charge in [0.2, 0.25) is 5.91 Å². The van der Waals surface area contributed by atoms with E-state index in [0.717, 1.165) is 32.2 Å². The van der Waals surface area contributed by atoms with E-state index in [1.165, 1.54) is 0 Å². The number of hydrogen-bond donors (Lipinski definition) is 2. The van der Waals surface area contributed by atoms with Crippen molar-refractivity contribution < 1.29 is 9.53 Å². The van der Waals surface area contributed by atoms with Crippen LogP contribution >= 0.6 is 0 Å². The van der Waals surface area contributed by atoms with Crippen LogP contribution in [0.4, 0.5) is 0 Å². The molecular weight excluding hydrogens is 192 g/mol. The molecule has 0 aromatic heterocycles. The van der Waals surface area contributed by atoms with E-state index in [2.05, 4.69) is 10.6 Å². The summed E-state index contributed by atoms with van der Waals surface area (Å²) >= 11 is 0. The van der Waals surface area contributed by atoms with Gasteiger partial charge in [0.05, 0.1) is 6.10 Å². The average molecular weight is 212 g/mol. The SMILES string of the molecule is COC1CC(NCCC(=O)NC2CC2)C1. The third-order valence-corrected chi connectivity index (χ3v) is 3.16. The molecule has 4 heteroatoms. The van der Waals surface area contributed by atoms with Gasteiger partial charge in [-0.2, -0.15) is 0 Å². The summed E-state index contributed by atoms with van der Waals surface area (Å²) in [6, 6.07) is 1.04. The highest BCUT2D eigenvalue weighted by Gasteiger charge is 2.28. The molecule has 2 saturated carbocycles. The Labute approximate surface area is 90.8 Å². The first kappa shape index (κ1) is 10.9. The topological polar surface area (TPSA) is 50.4 Å². The van der Waals surface area contributed by atoms with Crippen molar-refractivity contribution in [3.63, 3.8) is 0 Å². The minimum atomic E-state index is 0.188. The van der Waals surface area contributed by atoms with Crippen LogP contribution in [0.25, 0.3) is 0 Å². The van der Waals surface area contributed by atoms with E-state index in [0.29, 0.717) is 24.6 Å². The molecule has 0 aromatic carbocycles. The lowest BCUT2D eigenvalue weighted by molar-refractivity contribution is -0.121. The van der Waals surface area contributed by atoms with Crippen LogP contribution in [0.5, 0.6) is 0 Å². The third kappa shape index (κ3) is 3.47. The molecule has 0 atom stereocenters. The second-order valence-corrected chi connectivity index (χ2v) is 4.57. The van der Waals surface area contributed by atoms with Crippen molar-refractivity contribution in [1.29, 1.82) is 0 Å². The first-order chi connectivity index (χ1) is 7.28. The number of rotatable bonds is 6. The maximum atomic E-state index is 11.3. The van der Waals surface area contributed by atoms with E-state index in [9.17, 15) is 4.79 Å². The lowest BCUT2D eigenvalue weighted by Crippen LogP contribution is -2.46. The van der Waals surface area contributed by atoms with Crippen LogP contribution in [0, 0.1) is 0 Å². The maximum absolute atomic E-state index is 11.3. The Bertz CT molecular complexity index is 223. The molecule has 2 N–H and O–H groups in total. The van der Waals surface area contributed by atoms with Crippen LogP contribution in [-0.2, 0) is 9.53 Å². The normalized spacial score (nSPS) is 29.7. The number of nitrogens with one attached hydrogen (secondary N) is 2. The smallest absolute Gasteiger partial charge is 0.221 e. The molecule has 2 fully saturated rings. The molecule has 2 aliphatic rings. The zero-order valence-electron chi connectivity index (χ0n) is 9.29. The maximum Gasteiger partial charge on any atom is 0.221 e. The number of carbonyl (C=O) groups is 1. The van der Waals surface area contributed by atoms with Gasteiger partial charge in [-0.15, -0.1) is 0 Å². The quantitative estimate of drug-likeness (QED) is 0.671. The first-order valence-electron chi connectivity index (χ1n) is 5.83. The van der Waals surface area contributed by atoms with Gasteiger partial charge >= 0.3 is 0 Å². The molecule has 86 valence electrons. The highest BCUT2D eigenvalue weighted by Crippen LogP contribution is 2.22. The Hall–Kier alpha value is -0.610. The van der Waals surface area contributed by atoms with E-state index < -0.39 is 0 Å². The van der Waals surface area contributed by atoms with Gasteiger partial charge in [0, 0.05) is 32.2 Å². The first-order valence-corrected chi connectivity index (χ1v) is 5.83. The van der Waals surface area contributed by atoms with E-state index in [-0.39, 0.29) is 5.91 Å². The average Bonchev–Trinajstić information content (AvgIpc) is 2.92. The van der Waals surface area contributed by atoms with Crippen molar-refractivity contribution in [2.24, 2.45) is 0 Å². The standard InChI is InChI=1S/C11H20N2O2/c1-15-10-6-9(7-10)12-5-4-11(14)13-8-2-3-8/h8-10,12H,2-7H2,1H3,(H,13,14). The lowest BCUT2D eigenvalue weighted by atomic mass is 9.89. The van der Waals surface area contributed by atoms with Crippen molar-refractivity contribution in [2.45, 2.75) is 50.3 Å². The summed E-state index contributed by atoms with van der Waals surface area (Å²) in [5, 5.41) is 6.35. The monoisotopic (exact) mass is 212 g/mol. The van der Waals surface area contributed by atoms with Crippen LogP contribution in [0.1, 0.15) is 32.1 Å². The highest BCUT2D eigenvalue weighted by atomic mass is 16.5. The summed E-state index contributed by atoms with van der Waals surface area (Å²) < 4.78 is 5.19. The van der Waals surface area contributed by atoms with Gasteiger partial charge in [-0.25, -0.2) is 0 Å². The summed E-state index contributed by atoms with van der Waals surface area (Å²) in [5.74, 6) is 0.188. The van der Waals surface area contributed by atoms with Crippen LogP contribution in [0.3, 0.4) is 0 Å². The van der Waals surface area contributed by atoms with Crippen molar-refractivity contribution >= 4 is 5.91 Å². The second-order valence-electron chi connectivity index (χ2n) is 4.57. The number of ether oxygens (including phenoxy) is 1. The lowest BCUT2D eigenvalue weighted by Gasteiger charge is -2.34. The van der Waals surface area contributed by atoms with E-state index in [1.54, 1.807) is 7.11 Å². The van der Waals surface area contributed by atoms with Crippen molar-refractivity contribution in [3.8, 4) is 0 Å². The van der Waals surface area contributed by atoms with Crippen molar-refractivity contribution in [3.05, 3.63) is 0 Å². The number of methoxy groups -OCH3 is 1. The molecule has 0 bridgehead atoms. The largest absolute Gasteiger partial charge is 0.381 e. The molecule has 0 heterocycles. The zero-order chi connectivity index (χ0) is 10.7. The van der Waals surface area contributed by atoms with Gasteiger partial charge in [-0.1, -0.05) is 0 Å². The Balaban J connectivity index is 1.46. The molecule has 0 radical (unpaired) electrons. The van der Waals surface area contributed by atoms with E-state index in [4.69, 9.17) is 4.74 Å². The summed E-state index contributed by atoms with van der Waals surface area (Å²) in [7, 11) is 1.75. The van der Waals surface area contributed by atoms with E-state index >= 15 is 0 Å². The second kappa shape index (κ2) is 4.94. The Morgan fingerprint density at radius 2 is 2.07 bits per heavy atom. The highest BCUT2D eigenvalue weighted by molar-refractivity contribution is 5.76. The minimum Gasteiger partial charge on any atom is -0.381 e. The molecule has 2 rings (SSSR count). The number of amides is 1. The zero-order valence-corrected chi connectivity index (χ0v) is 9.29. The fourth-order valence-corrected chi connectivity index (χ4v) is 1.84. The van der Waals surface area contributed by atoms with Gasteiger partial charge in [0.15, 0.2) is 0 Å². The molecule has 0 aliphatic heterocycles. The number of hydrogen-bond acceptors (Lipinski definition) is 3. The minimum absolute atomic E-state index is 0.188. The molecule has 4 nitrogen and oxygen atoms in total. The third-order valence-electron chi connectivity index (χ3n) is 3.16. The van der Waals surface area contributed by atoms with Gasteiger partial charge < -0.3 is 15.4 Å². The van der Waals surface area contributed by atoms with Gasteiger partial charge in [-0.05, 0) is 25.7 Å². The summed E-state index contributed by atoms with van der Waals surface area (Å²) in [6.45, 7) is 0.791. The molecule has 2 aliphatic carbocycles. The Kier molecular flexibility index (Phi) is 3.59. The Morgan fingerprint density at radius 1 is 1.33 bits per heavy atom. The molecule has 0 spiro atoms. The van der Waals surface area contributed by atoms with Crippen LogP contribution in [0.15, 0.2) is 0 Å². The predicted octanol–water partition coefficient (Wildman–Crippen LogP) is 0.422. The van der Waals surface area contributed by atoms with Crippen LogP contribution in [-0.4, -0.2) is 37.7 Å². The molecule has 0 aromatic rings. The van der Waals surface area contributed by atoms with Crippen LogP contribution in [0.2, 0.25) is 0 Å². The summed E-state index contributed by atoms with van der Waals surface area (Å²) in [4.78, 5) is 11.3. The van der Waals surface area contributed by atoms with Gasteiger partial charge in [-0.3, -0.25) is 4.79 Å². The molecule has 1 amide bonds. The summed E-state index contributed by atoms with van der Waals surface area (Å²) in [5.41, 5.74) is 0. The fourth-order valence-electron chi connectivity index (χ4n) is 1.84. The van der Waals surface area contributed by atoms with Gasteiger partial charge in [0.1, 0.15) is 0 Å². The fraction of sp³-hybridized carbons (Fsp3) is 0.909. The predicted molar refractivity (Wildman–Crippen MR) is 57.6 cm³/mol. The van der Waals surface area contributed by atoms with Crippen LogP contribution < -0.4 is 10.6 Å². The summed E-state index contributed by atoms with van der Waals surface area (Å²) in [6.07, 6.45) is 5.53.